The van der Waals surface area contributed by atoms with Crippen molar-refractivity contribution >= 4 is 11.9 Å². The Labute approximate surface area is 163 Å². The largest absolute Gasteiger partial charge is 0.484 e. The molecule has 1 aliphatic heterocycles. The van der Waals surface area contributed by atoms with Crippen LogP contribution in [0.15, 0.2) is 42.5 Å². The normalized spacial score (nSPS) is 11.8. The number of ether oxygens (including phenoxy) is 4. The zero-order valence-electron chi connectivity index (χ0n) is 16.0. The minimum Gasteiger partial charge on any atom is -0.484 e. The van der Waals surface area contributed by atoms with Gasteiger partial charge in [0.2, 0.25) is 6.79 Å². The molecule has 1 heterocycles. The Bertz CT molecular complexity index is 833. The van der Waals surface area contributed by atoms with Crippen molar-refractivity contribution in [3.63, 3.8) is 0 Å². The van der Waals surface area contributed by atoms with E-state index < -0.39 is 0 Å². The van der Waals surface area contributed by atoms with Crippen LogP contribution in [0.1, 0.15) is 17.5 Å². The van der Waals surface area contributed by atoms with Gasteiger partial charge in [-0.15, -0.1) is 0 Å². The van der Waals surface area contributed by atoms with Crippen LogP contribution in [0.5, 0.6) is 17.2 Å². The zero-order valence-corrected chi connectivity index (χ0v) is 16.0. The van der Waals surface area contributed by atoms with E-state index in [0.717, 1.165) is 11.1 Å². The van der Waals surface area contributed by atoms with E-state index >= 15 is 0 Å². The van der Waals surface area contributed by atoms with E-state index in [1.165, 1.54) is 7.11 Å². The van der Waals surface area contributed by atoms with E-state index in [0.29, 0.717) is 23.8 Å². The lowest BCUT2D eigenvalue weighted by Gasteiger charge is -2.22. The van der Waals surface area contributed by atoms with Crippen LogP contribution >= 0.6 is 0 Å². The standard InChI is InChI=1S/C21H23NO6/c1-15-3-6-17(7-4-15)26-13-20(23)22(10-9-21(24)25-2)12-16-5-8-18-19(11-16)28-14-27-18/h3-8,11H,9-10,12-14H2,1-2H3. The molecular weight excluding hydrogens is 362 g/mol. The van der Waals surface area contributed by atoms with Crippen molar-refractivity contribution in [3.05, 3.63) is 53.6 Å². The predicted octanol–water partition coefficient (Wildman–Crippen LogP) is 2.69. The first-order chi connectivity index (χ1) is 13.5. The monoisotopic (exact) mass is 385 g/mol. The average molecular weight is 385 g/mol. The Morgan fingerprint density at radius 3 is 2.57 bits per heavy atom. The first-order valence-electron chi connectivity index (χ1n) is 8.98. The van der Waals surface area contributed by atoms with Crippen LogP contribution in [0, 0.1) is 6.92 Å². The molecule has 7 heteroatoms. The fraction of sp³-hybridized carbons (Fsp3) is 0.333. The predicted molar refractivity (Wildman–Crippen MR) is 101 cm³/mol. The van der Waals surface area contributed by atoms with Crippen molar-refractivity contribution in [2.45, 2.75) is 19.9 Å². The molecule has 0 atom stereocenters. The highest BCUT2D eigenvalue weighted by atomic mass is 16.7. The van der Waals surface area contributed by atoms with Gasteiger partial charge >= 0.3 is 5.97 Å². The SMILES string of the molecule is COC(=O)CCN(Cc1ccc2c(c1)OCO2)C(=O)COc1ccc(C)cc1. The van der Waals surface area contributed by atoms with Gasteiger partial charge in [0.05, 0.1) is 13.5 Å². The molecule has 0 spiro atoms. The van der Waals surface area contributed by atoms with E-state index in [2.05, 4.69) is 4.74 Å². The van der Waals surface area contributed by atoms with Crippen molar-refractivity contribution in [1.29, 1.82) is 0 Å². The molecule has 2 aromatic carbocycles. The van der Waals surface area contributed by atoms with Crippen molar-refractivity contribution in [2.24, 2.45) is 0 Å². The summed E-state index contributed by atoms with van der Waals surface area (Å²) in [4.78, 5) is 25.8. The summed E-state index contributed by atoms with van der Waals surface area (Å²) in [5, 5.41) is 0. The molecule has 28 heavy (non-hydrogen) atoms. The number of amides is 1. The Kier molecular flexibility index (Phi) is 6.37. The highest BCUT2D eigenvalue weighted by Crippen LogP contribution is 2.32. The first-order valence-corrected chi connectivity index (χ1v) is 8.98. The number of hydrogen-bond acceptors (Lipinski definition) is 6. The zero-order chi connectivity index (χ0) is 19.9. The second kappa shape index (κ2) is 9.12. The maximum absolute atomic E-state index is 12.7. The van der Waals surface area contributed by atoms with Gasteiger partial charge in [0.15, 0.2) is 18.1 Å². The van der Waals surface area contributed by atoms with Gasteiger partial charge in [0.25, 0.3) is 5.91 Å². The average Bonchev–Trinajstić information content (AvgIpc) is 3.18. The van der Waals surface area contributed by atoms with E-state index in [4.69, 9.17) is 14.2 Å². The molecule has 1 amide bonds. The number of aryl methyl sites for hydroxylation is 1. The molecule has 0 saturated carbocycles. The maximum atomic E-state index is 12.7. The number of fused-ring (bicyclic) bond motifs is 1. The molecule has 3 rings (SSSR count). The van der Waals surface area contributed by atoms with E-state index in [-0.39, 0.29) is 38.2 Å². The lowest BCUT2D eigenvalue weighted by Crippen LogP contribution is -2.36. The lowest BCUT2D eigenvalue weighted by molar-refractivity contribution is -0.142. The van der Waals surface area contributed by atoms with Crippen LogP contribution in [0.3, 0.4) is 0 Å². The van der Waals surface area contributed by atoms with Gasteiger partial charge in [0, 0.05) is 13.1 Å². The van der Waals surface area contributed by atoms with Crippen molar-refractivity contribution in [1.82, 2.24) is 4.90 Å². The summed E-state index contributed by atoms with van der Waals surface area (Å²) in [7, 11) is 1.33. The number of methoxy groups -OCH3 is 1. The van der Waals surface area contributed by atoms with Gasteiger partial charge in [-0.2, -0.15) is 0 Å². The number of nitrogens with zero attached hydrogens (tertiary/aromatic N) is 1. The summed E-state index contributed by atoms with van der Waals surface area (Å²) in [5.74, 6) is 1.35. The fourth-order valence-corrected chi connectivity index (χ4v) is 2.75. The number of benzene rings is 2. The second-order valence-electron chi connectivity index (χ2n) is 6.43. The molecule has 2 aromatic rings. The highest BCUT2D eigenvalue weighted by molar-refractivity contribution is 5.78. The van der Waals surface area contributed by atoms with Gasteiger partial charge in [0.1, 0.15) is 5.75 Å². The van der Waals surface area contributed by atoms with Crippen LogP contribution in [0.4, 0.5) is 0 Å². The van der Waals surface area contributed by atoms with Crippen molar-refractivity contribution in [2.75, 3.05) is 27.1 Å². The number of carbonyl (C=O) groups excluding carboxylic acids is 2. The number of esters is 1. The molecular formula is C21H23NO6. The van der Waals surface area contributed by atoms with Gasteiger partial charge in [-0.1, -0.05) is 23.8 Å². The fourth-order valence-electron chi connectivity index (χ4n) is 2.75. The van der Waals surface area contributed by atoms with E-state index in [1.807, 2.05) is 49.4 Å². The smallest absolute Gasteiger partial charge is 0.307 e. The van der Waals surface area contributed by atoms with Gasteiger partial charge < -0.3 is 23.8 Å². The molecule has 0 fully saturated rings. The van der Waals surface area contributed by atoms with Gasteiger partial charge in [-0.05, 0) is 36.8 Å². The van der Waals surface area contributed by atoms with Gasteiger partial charge in [-0.25, -0.2) is 0 Å². The highest BCUT2D eigenvalue weighted by Gasteiger charge is 2.19. The van der Waals surface area contributed by atoms with Crippen molar-refractivity contribution in [3.8, 4) is 17.2 Å². The third kappa shape index (κ3) is 5.16. The van der Waals surface area contributed by atoms with Crippen LogP contribution in [-0.4, -0.2) is 43.8 Å². The lowest BCUT2D eigenvalue weighted by atomic mass is 10.2. The summed E-state index contributed by atoms with van der Waals surface area (Å²) in [6.07, 6.45) is 0.108. The summed E-state index contributed by atoms with van der Waals surface area (Å²) >= 11 is 0. The van der Waals surface area contributed by atoms with Crippen LogP contribution in [-0.2, 0) is 20.9 Å². The molecule has 0 radical (unpaired) electrons. The number of carbonyl (C=O) groups is 2. The van der Waals surface area contributed by atoms with Crippen LogP contribution in [0.2, 0.25) is 0 Å². The Balaban J connectivity index is 1.65. The quantitative estimate of drug-likeness (QED) is 0.651. The molecule has 0 unspecified atom stereocenters. The topological polar surface area (TPSA) is 74.3 Å². The molecule has 0 N–H and O–H groups in total. The third-order valence-electron chi connectivity index (χ3n) is 4.36. The molecule has 1 aliphatic rings. The minimum atomic E-state index is -0.372. The minimum absolute atomic E-state index is 0.108. The van der Waals surface area contributed by atoms with E-state index in [9.17, 15) is 9.59 Å². The number of hydrogen-bond donors (Lipinski definition) is 0. The third-order valence-corrected chi connectivity index (χ3v) is 4.36. The summed E-state index contributed by atoms with van der Waals surface area (Å²) < 4.78 is 21.0. The van der Waals surface area contributed by atoms with E-state index in [1.54, 1.807) is 4.90 Å². The Morgan fingerprint density at radius 2 is 1.82 bits per heavy atom. The number of rotatable bonds is 8. The maximum Gasteiger partial charge on any atom is 0.307 e. The Hall–Kier alpha value is -3.22. The molecule has 7 nitrogen and oxygen atoms in total. The Morgan fingerprint density at radius 1 is 1.07 bits per heavy atom. The van der Waals surface area contributed by atoms with Crippen LogP contribution in [0.25, 0.3) is 0 Å². The molecule has 148 valence electrons. The molecule has 0 aliphatic carbocycles. The molecule has 0 bridgehead atoms. The van der Waals surface area contributed by atoms with Crippen molar-refractivity contribution < 1.29 is 28.5 Å². The summed E-state index contributed by atoms with van der Waals surface area (Å²) in [6.45, 7) is 2.61. The molecule has 0 saturated heterocycles. The summed E-state index contributed by atoms with van der Waals surface area (Å²) in [5.41, 5.74) is 1.99. The second-order valence-corrected chi connectivity index (χ2v) is 6.43. The summed E-state index contributed by atoms with van der Waals surface area (Å²) in [6, 6.07) is 13.0. The first kappa shape index (κ1) is 19.5. The van der Waals surface area contributed by atoms with Gasteiger partial charge in [-0.3, -0.25) is 9.59 Å². The van der Waals surface area contributed by atoms with Crippen LogP contribution < -0.4 is 14.2 Å². The molecule has 0 aromatic heterocycles.